The highest BCUT2D eigenvalue weighted by atomic mass is 79.9. The monoisotopic (exact) mass is 445 g/mol. The Hall–Kier alpha value is -2.44. The summed E-state index contributed by atoms with van der Waals surface area (Å²) in [7, 11) is 0. The van der Waals surface area contributed by atoms with Crippen LogP contribution < -0.4 is 10.9 Å². The zero-order chi connectivity index (χ0) is 19.2. The van der Waals surface area contributed by atoms with Crippen molar-refractivity contribution < 1.29 is 4.79 Å². The number of anilines is 1. The maximum Gasteiger partial charge on any atom is 0.266 e. The molecular formula is C20H17BrClN3O2. The first-order valence-electron chi connectivity index (χ1n) is 8.41. The Labute approximate surface area is 170 Å². The summed E-state index contributed by atoms with van der Waals surface area (Å²) < 4.78 is 2.37. The lowest BCUT2D eigenvalue weighted by molar-refractivity contribution is -0.116. The Morgan fingerprint density at radius 3 is 2.44 bits per heavy atom. The third-order valence-electron chi connectivity index (χ3n) is 3.91. The van der Waals surface area contributed by atoms with Gasteiger partial charge in [0.1, 0.15) is 0 Å². The first-order chi connectivity index (χ1) is 13.0. The van der Waals surface area contributed by atoms with Crippen molar-refractivity contribution in [2.45, 2.75) is 19.4 Å². The van der Waals surface area contributed by atoms with Crippen molar-refractivity contribution in [3.8, 4) is 11.3 Å². The van der Waals surface area contributed by atoms with Crippen LogP contribution in [0, 0.1) is 0 Å². The number of hydrogen-bond acceptors (Lipinski definition) is 3. The average Bonchev–Trinajstić information content (AvgIpc) is 2.66. The number of carbonyl (C=O) groups excluding carboxylic acids is 1. The second-order valence-corrected chi connectivity index (χ2v) is 7.30. The fraction of sp³-hybridized carbons (Fsp3) is 0.150. The third-order valence-corrected chi connectivity index (χ3v) is 4.69. The summed E-state index contributed by atoms with van der Waals surface area (Å²) in [4.78, 5) is 24.1. The Balaban J connectivity index is 1.59. The van der Waals surface area contributed by atoms with Gasteiger partial charge in [-0.3, -0.25) is 9.59 Å². The van der Waals surface area contributed by atoms with Gasteiger partial charge in [0.25, 0.3) is 5.56 Å². The van der Waals surface area contributed by atoms with Gasteiger partial charge >= 0.3 is 0 Å². The smallest absolute Gasteiger partial charge is 0.266 e. The molecule has 1 aromatic heterocycles. The molecule has 0 aliphatic carbocycles. The van der Waals surface area contributed by atoms with Crippen LogP contribution in [0.15, 0.2) is 69.9 Å². The summed E-state index contributed by atoms with van der Waals surface area (Å²) in [6.07, 6.45) is 0.801. The van der Waals surface area contributed by atoms with E-state index in [-0.39, 0.29) is 11.5 Å². The molecule has 0 bridgehead atoms. The molecule has 3 aromatic rings. The molecule has 1 heterocycles. The Bertz CT molecular complexity index is 985. The molecule has 0 aliphatic rings. The van der Waals surface area contributed by atoms with Crippen LogP contribution in [-0.2, 0) is 11.3 Å². The molecule has 1 N–H and O–H groups in total. The van der Waals surface area contributed by atoms with Crippen LogP contribution in [0.25, 0.3) is 11.3 Å². The van der Waals surface area contributed by atoms with E-state index in [4.69, 9.17) is 11.6 Å². The minimum atomic E-state index is -0.186. The Morgan fingerprint density at radius 1 is 1.04 bits per heavy atom. The molecule has 0 atom stereocenters. The maximum atomic E-state index is 12.0. The summed E-state index contributed by atoms with van der Waals surface area (Å²) >= 11 is 9.22. The molecule has 0 spiro atoms. The van der Waals surface area contributed by atoms with Crippen molar-refractivity contribution in [3.05, 3.63) is 80.5 Å². The van der Waals surface area contributed by atoms with Crippen molar-refractivity contribution in [3.63, 3.8) is 0 Å². The number of aryl methyl sites for hydroxylation is 1. The fourth-order valence-corrected chi connectivity index (χ4v) is 2.92. The number of nitrogens with zero attached hydrogens (tertiary/aromatic N) is 2. The summed E-state index contributed by atoms with van der Waals surface area (Å²) in [6.45, 7) is 0.372. The standard InChI is InChI=1S/C20H17BrClN3O2/c21-15-5-3-14(4-6-15)18-11-12-20(27)25(24-18)13-1-2-19(26)23-17-9-7-16(22)8-10-17/h3-12H,1-2,13H2,(H,23,26). The second kappa shape index (κ2) is 8.97. The lowest BCUT2D eigenvalue weighted by Crippen LogP contribution is -2.23. The van der Waals surface area contributed by atoms with Gasteiger partial charge in [-0.2, -0.15) is 5.10 Å². The normalized spacial score (nSPS) is 10.6. The van der Waals surface area contributed by atoms with E-state index in [9.17, 15) is 9.59 Å². The predicted molar refractivity (Wildman–Crippen MR) is 111 cm³/mol. The average molecular weight is 447 g/mol. The second-order valence-electron chi connectivity index (χ2n) is 5.95. The first kappa shape index (κ1) is 19.3. The number of benzene rings is 2. The highest BCUT2D eigenvalue weighted by molar-refractivity contribution is 9.10. The maximum absolute atomic E-state index is 12.0. The molecule has 0 saturated carbocycles. The molecule has 138 valence electrons. The van der Waals surface area contributed by atoms with Crippen LogP contribution in [0.5, 0.6) is 0 Å². The number of hydrogen-bond donors (Lipinski definition) is 1. The zero-order valence-electron chi connectivity index (χ0n) is 14.4. The SMILES string of the molecule is O=C(CCCn1nc(-c2ccc(Br)cc2)ccc1=O)Nc1ccc(Cl)cc1. The van der Waals surface area contributed by atoms with Crippen LogP contribution in [0.4, 0.5) is 5.69 Å². The van der Waals surface area contributed by atoms with Crippen LogP contribution in [0.1, 0.15) is 12.8 Å². The van der Waals surface area contributed by atoms with E-state index in [2.05, 4.69) is 26.3 Å². The number of rotatable bonds is 6. The highest BCUT2D eigenvalue weighted by Gasteiger charge is 2.06. The van der Waals surface area contributed by atoms with E-state index >= 15 is 0 Å². The molecule has 0 radical (unpaired) electrons. The number of amides is 1. The molecule has 5 nitrogen and oxygen atoms in total. The molecule has 3 rings (SSSR count). The van der Waals surface area contributed by atoms with Crippen LogP contribution in [0.3, 0.4) is 0 Å². The molecule has 0 fully saturated rings. The van der Waals surface area contributed by atoms with Gasteiger partial charge in [0.2, 0.25) is 5.91 Å². The van der Waals surface area contributed by atoms with Gasteiger partial charge in [-0.1, -0.05) is 39.7 Å². The van der Waals surface area contributed by atoms with Crippen molar-refractivity contribution in [2.75, 3.05) is 5.32 Å². The van der Waals surface area contributed by atoms with Gasteiger partial charge in [0, 0.05) is 39.8 Å². The molecule has 7 heteroatoms. The molecular weight excluding hydrogens is 430 g/mol. The van der Waals surface area contributed by atoms with E-state index in [1.165, 1.54) is 10.7 Å². The quantitative estimate of drug-likeness (QED) is 0.594. The Kier molecular flexibility index (Phi) is 6.42. The van der Waals surface area contributed by atoms with Crippen LogP contribution in [-0.4, -0.2) is 15.7 Å². The molecule has 0 aliphatic heterocycles. The first-order valence-corrected chi connectivity index (χ1v) is 9.58. The third kappa shape index (κ3) is 5.52. The van der Waals surface area contributed by atoms with E-state index in [0.717, 1.165) is 10.0 Å². The summed E-state index contributed by atoms with van der Waals surface area (Å²) in [5, 5.41) is 7.82. The van der Waals surface area contributed by atoms with Crippen LogP contribution >= 0.6 is 27.5 Å². The van der Waals surface area contributed by atoms with E-state index in [0.29, 0.717) is 35.8 Å². The summed E-state index contributed by atoms with van der Waals surface area (Å²) in [5.74, 6) is -0.116. The fourth-order valence-electron chi connectivity index (χ4n) is 2.53. The molecule has 0 unspecified atom stereocenters. The van der Waals surface area contributed by atoms with Crippen molar-refractivity contribution in [1.29, 1.82) is 0 Å². The van der Waals surface area contributed by atoms with E-state index < -0.39 is 0 Å². The van der Waals surface area contributed by atoms with Crippen molar-refractivity contribution in [1.82, 2.24) is 9.78 Å². The lowest BCUT2D eigenvalue weighted by Gasteiger charge is -2.08. The predicted octanol–water partition coefficient (Wildman–Crippen LogP) is 4.75. The lowest BCUT2D eigenvalue weighted by atomic mass is 10.1. The van der Waals surface area contributed by atoms with E-state index in [1.807, 2.05) is 24.3 Å². The minimum absolute atomic E-state index is 0.116. The van der Waals surface area contributed by atoms with Gasteiger partial charge in [-0.05, 0) is 48.9 Å². The van der Waals surface area contributed by atoms with Gasteiger partial charge in [-0.15, -0.1) is 0 Å². The highest BCUT2D eigenvalue weighted by Crippen LogP contribution is 2.19. The molecule has 2 aromatic carbocycles. The van der Waals surface area contributed by atoms with E-state index in [1.54, 1.807) is 30.3 Å². The van der Waals surface area contributed by atoms with Crippen molar-refractivity contribution in [2.24, 2.45) is 0 Å². The van der Waals surface area contributed by atoms with Gasteiger partial charge in [0.15, 0.2) is 0 Å². The molecule has 27 heavy (non-hydrogen) atoms. The Morgan fingerprint density at radius 2 is 1.74 bits per heavy atom. The number of carbonyl (C=O) groups is 1. The van der Waals surface area contributed by atoms with Crippen LogP contribution in [0.2, 0.25) is 5.02 Å². The van der Waals surface area contributed by atoms with Gasteiger partial charge in [0.05, 0.1) is 5.69 Å². The zero-order valence-corrected chi connectivity index (χ0v) is 16.7. The van der Waals surface area contributed by atoms with Gasteiger partial charge < -0.3 is 5.32 Å². The summed E-state index contributed by atoms with van der Waals surface area (Å²) in [6, 6.07) is 17.8. The van der Waals surface area contributed by atoms with Crippen molar-refractivity contribution >= 4 is 39.1 Å². The summed E-state index contributed by atoms with van der Waals surface area (Å²) in [5.41, 5.74) is 2.14. The number of nitrogens with one attached hydrogen (secondary N) is 1. The largest absolute Gasteiger partial charge is 0.326 e. The topological polar surface area (TPSA) is 64.0 Å². The van der Waals surface area contributed by atoms with Gasteiger partial charge in [-0.25, -0.2) is 4.68 Å². The molecule has 0 saturated heterocycles. The molecule has 1 amide bonds. The number of halogens is 2. The minimum Gasteiger partial charge on any atom is -0.326 e. The number of aromatic nitrogens is 2.